The molecule has 3 heterocycles. The van der Waals surface area contributed by atoms with Gasteiger partial charge in [0.2, 0.25) is 5.78 Å². The lowest BCUT2D eigenvalue weighted by Gasteiger charge is -2.52. The average molecular weight is 456 g/mol. The lowest BCUT2D eigenvalue weighted by atomic mass is 9.93. The molecule has 5 rings (SSSR count). The predicted molar refractivity (Wildman–Crippen MR) is 119 cm³/mol. The molecule has 3 aliphatic rings. The molecule has 8 heteroatoms. The van der Waals surface area contributed by atoms with Gasteiger partial charge >= 0.3 is 0 Å². The maximum atomic E-state index is 13.0. The first-order valence-electron chi connectivity index (χ1n) is 10.1. The van der Waals surface area contributed by atoms with Crippen molar-refractivity contribution in [1.82, 2.24) is 14.9 Å². The Morgan fingerprint density at radius 1 is 1.13 bits per heavy atom. The Labute approximate surface area is 190 Å². The van der Waals surface area contributed by atoms with E-state index in [1.165, 1.54) is 10.5 Å². The minimum absolute atomic E-state index is 0.0514. The predicted octanol–water partition coefficient (Wildman–Crippen LogP) is 4.11. The molecule has 1 amide bonds. The smallest absolute Gasteiger partial charge is 0.276 e. The van der Waals surface area contributed by atoms with Gasteiger partial charge in [0, 0.05) is 29.1 Å². The number of nitrogens with zero attached hydrogens (tertiary/aromatic N) is 3. The highest BCUT2D eigenvalue weighted by atomic mass is 35.5. The number of benzene rings is 2. The number of ketones is 1. The average Bonchev–Trinajstić information content (AvgIpc) is 2.90. The lowest BCUT2D eigenvalue weighted by molar-refractivity contribution is -0.163. The molecule has 0 aromatic heterocycles. The molecule has 2 aromatic carbocycles. The van der Waals surface area contributed by atoms with E-state index >= 15 is 0 Å². The number of thioether (sulfide) groups is 1. The van der Waals surface area contributed by atoms with E-state index in [4.69, 9.17) is 11.6 Å². The van der Waals surface area contributed by atoms with Gasteiger partial charge in [-0.3, -0.25) is 14.6 Å². The van der Waals surface area contributed by atoms with Gasteiger partial charge in [0.1, 0.15) is 0 Å². The number of carbonyl (C=O) groups excluding carboxylic acids is 2. The zero-order chi connectivity index (χ0) is 21.9. The number of aliphatic hydroxyl groups is 1. The molecule has 1 fully saturated rings. The number of amides is 1. The van der Waals surface area contributed by atoms with Crippen LogP contribution in [-0.2, 0) is 15.3 Å². The summed E-state index contributed by atoms with van der Waals surface area (Å²) in [6.45, 7) is 2.23. The summed E-state index contributed by atoms with van der Waals surface area (Å²) in [7, 11) is 1.69. The third-order valence-corrected chi connectivity index (χ3v) is 7.47. The Kier molecular flexibility index (Phi) is 5.00. The molecule has 0 spiro atoms. The Morgan fingerprint density at radius 3 is 2.71 bits per heavy atom. The van der Waals surface area contributed by atoms with Crippen molar-refractivity contribution in [3.05, 3.63) is 75.6 Å². The number of hydrogen-bond acceptors (Lipinski definition) is 6. The minimum Gasteiger partial charge on any atom is -0.503 e. The van der Waals surface area contributed by atoms with Crippen LogP contribution in [-0.4, -0.2) is 51.5 Å². The highest BCUT2D eigenvalue weighted by molar-refractivity contribution is 7.98. The molecule has 3 aliphatic heterocycles. The molecular formula is C23H22ClN3O3S. The highest BCUT2D eigenvalue weighted by Crippen LogP contribution is 2.46. The quantitative estimate of drug-likeness (QED) is 0.698. The first-order chi connectivity index (χ1) is 14.9. The van der Waals surface area contributed by atoms with E-state index in [0.717, 1.165) is 21.8 Å². The number of Topliss-reactive ketones (excluding diaryl/α,β-unsaturated/α-hetero) is 1. The lowest BCUT2D eigenvalue weighted by Crippen LogP contribution is -2.62. The van der Waals surface area contributed by atoms with Crippen molar-refractivity contribution in [3.8, 4) is 0 Å². The summed E-state index contributed by atoms with van der Waals surface area (Å²) in [6.07, 6.45) is 0.147. The third kappa shape index (κ3) is 3.23. The van der Waals surface area contributed by atoms with E-state index in [-0.39, 0.29) is 30.1 Å². The normalized spacial score (nSPS) is 24.0. The van der Waals surface area contributed by atoms with Crippen molar-refractivity contribution in [3.63, 3.8) is 0 Å². The van der Waals surface area contributed by atoms with E-state index < -0.39 is 11.5 Å². The summed E-state index contributed by atoms with van der Waals surface area (Å²) in [4.78, 5) is 28.0. The Balaban J connectivity index is 1.75. The van der Waals surface area contributed by atoms with Gasteiger partial charge in [0.25, 0.3) is 5.91 Å². The van der Waals surface area contributed by atoms with Crippen LogP contribution in [0.5, 0.6) is 0 Å². The molecule has 0 bridgehead atoms. The van der Waals surface area contributed by atoms with E-state index in [9.17, 15) is 14.7 Å². The SMILES string of the molecule is CC1CC(=O)C(O)=C2C(=O)N(C)CN(C3c4ccccc4CSc4ccc(Cl)cc43)N21. The fraction of sp³-hybridized carbons (Fsp3) is 0.304. The zero-order valence-corrected chi connectivity index (χ0v) is 18.8. The van der Waals surface area contributed by atoms with E-state index in [1.54, 1.807) is 18.8 Å². The molecule has 2 atom stereocenters. The maximum absolute atomic E-state index is 13.0. The highest BCUT2D eigenvalue weighted by Gasteiger charge is 2.46. The van der Waals surface area contributed by atoms with Gasteiger partial charge in [0.05, 0.1) is 18.8 Å². The van der Waals surface area contributed by atoms with Crippen LogP contribution in [0, 0.1) is 0 Å². The molecule has 0 saturated carbocycles. The molecule has 1 saturated heterocycles. The monoisotopic (exact) mass is 455 g/mol. The Hall–Kier alpha value is -2.48. The van der Waals surface area contributed by atoms with Gasteiger partial charge in [-0.15, -0.1) is 11.8 Å². The molecular weight excluding hydrogens is 434 g/mol. The third-order valence-electron chi connectivity index (χ3n) is 6.10. The number of fused-ring (bicyclic) bond motifs is 3. The molecule has 2 unspecified atom stereocenters. The standard InChI is InChI=1S/C23H22ClN3O3S/c1-13-9-18(28)22(29)21-23(30)25(2)12-26(27(13)21)20-16-6-4-3-5-14(16)11-31-19-8-7-15(24)10-17(19)20/h3-8,10,13,20,29H,9,11-12H2,1-2H3. The number of hydrogen-bond donors (Lipinski definition) is 1. The summed E-state index contributed by atoms with van der Waals surface area (Å²) in [5.41, 5.74) is 3.44. The van der Waals surface area contributed by atoms with Crippen LogP contribution in [0.2, 0.25) is 5.02 Å². The van der Waals surface area contributed by atoms with E-state index in [2.05, 4.69) is 17.1 Å². The van der Waals surface area contributed by atoms with Crippen LogP contribution >= 0.6 is 23.4 Å². The number of carbonyl (C=O) groups is 2. The van der Waals surface area contributed by atoms with Gasteiger partial charge in [-0.25, -0.2) is 0 Å². The molecule has 1 N–H and O–H groups in total. The van der Waals surface area contributed by atoms with Gasteiger partial charge in [0.15, 0.2) is 11.5 Å². The van der Waals surface area contributed by atoms with Crippen LogP contribution < -0.4 is 0 Å². The molecule has 6 nitrogen and oxygen atoms in total. The first-order valence-corrected chi connectivity index (χ1v) is 11.5. The number of aliphatic hydroxyl groups excluding tert-OH is 1. The number of halogens is 1. The van der Waals surface area contributed by atoms with Crippen LogP contribution in [0.3, 0.4) is 0 Å². The molecule has 31 heavy (non-hydrogen) atoms. The summed E-state index contributed by atoms with van der Waals surface area (Å²) >= 11 is 8.18. The van der Waals surface area contributed by atoms with Crippen molar-refractivity contribution < 1.29 is 14.7 Å². The molecule has 160 valence electrons. The second kappa shape index (κ2) is 7.58. The van der Waals surface area contributed by atoms with E-state index in [0.29, 0.717) is 11.7 Å². The molecule has 0 radical (unpaired) electrons. The van der Waals surface area contributed by atoms with Crippen molar-refractivity contribution in [2.24, 2.45) is 0 Å². The maximum Gasteiger partial charge on any atom is 0.276 e. The Morgan fingerprint density at radius 2 is 1.90 bits per heavy atom. The largest absolute Gasteiger partial charge is 0.503 e. The van der Waals surface area contributed by atoms with Crippen molar-refractivity contribution >= 4 is 35.1 Å². The fourth-order valence-electron chi connectivity index (χ4n) is 4.67. The summed E-state index contributed by atoms with van der Waals surface area (Å²) in [5, 5.41) is 15.1. The van der Waals surface area contributed by atoms with Crippen molar-refractivity contribution in [2.45, 2.75) is 36.1 Å². The summed E-state index contributed by atoms with van der Waals surface area (Å²) in [6, 6.07) is 13.7. The minimum atomic E-state index is -0.456. The Bertz CT molecular complexity index is 1130. The second-order valence-corrected chi connectivity index (χ2v) is 9.63. The van der Waals surface area contributed by atoms with Gasteiger partial charge < -0.3 is 10.0 Å². The van der Waals surface area contributed by atoms with Crippen LogP contribution in [0.15, 0.2) is 58.8 Å². The van der Waals surface area contributed by atoms with Gasteiger partial charge in [-0.05, 0) is 41.8 Å². The zero-order valence-electron chi connectivity index (χ0n) is 17.2. The molecule has 0 aliphatic carbocycles. The van der Waals surface area contributed by atoms with E-state index in [1.807, 2.05) is 42.3 Å². The fourth-order valence-corrected chi connectivity index (χ4v) is 5.93. The number of allylic oxidation sites excluding steroid dienone is 1. The van der Waals surface area contributed by atoms with Gasteiger partial charge in [-0.1, -0.05) is 35.9 Å². The molecule has 2 aromatic rings. The second-order valence-electron chi connectivity index (χ2n) is 8.17. The van der Waals surface area contributed by atoms with Crippen LogP contribution in [0.1, 0.15) is 36.1 Å². The van der Waals surface area contributed by atoms with Gasteiger partial charge in [-0.2, -0.15) is 5.01 Å². The van der Waals surface area contributed by atoms with Crippen molar-refractivity contribution in [2.75, 3.05) is 13.7 Å². The number of hydrazine groups is 1. The number of likely N-dealkylation sites (N-methyl/N-ethyl adjacent to an activating group) is 1. The van der Waals surface area contributed by atoms with Crippen molar-refractivity contribution in [1.29, 1.82) is 0 Å². The summed E-state index contributed by atoms with van der Waals surface area (Å²) in [5.74, 6) is -0.382. The summed E-state index contributed by atoms with van der Waals surface area (Å²) < 4.78 is 0. The van der Waals surface area contributed by atoms with Crippen LogP contribution in [0.25, 0.3) is 0 Å². The number of rotatable bonds is 1. The topological polar surface area (TPSA) is 64.1 Å². The van der Waals surface area contributed by atoms with Crippen LogP contribution in [0.4, 0.5) is 0 Å². The first kappa shape index (κ1) is 20.4.